The van der Waals surface area contributed by atoms with E-state index in [2.05, 4.69) is 4.98 Å². The van der Waals surface area contributed by atoms with E-state index in [-0.39, 0.29) is 12.1 Å². The van der Waals surface area contributed by atoms with Crippen LogP contribution >= 0.6 is 0 Å². The zero-order valence-electron chi connectivity index (χ0n) is 16.5. The molecule has 0 spiro atoms. The van der Waals surface area contributed by atoms with Crippen LogP contribution in [0.3, 0.4) is 0 Å². The molecule has 8 heteroatoms. The van der Waals surface area contributed by atoms with Crippen LogP contribution in [0.5, 0.6) is 0 Å². The molecule has 0 saturated carbocycles. The van der Waals surface area contributed by atoms with Gasteiger partial charge in [-0.1, -0.05) is 0 Å². The Balaban J connectivity index is 1.92. The maximum atomic E-state index is 12.7. The van der Waals surface area contributed by atoms with E-state index in [0.29, 0.717) is 37.1 Å². The zero-order valence-corrected chi connectivity index (χ0v) is 16.5. The van der Waals surface area contributed by atoms with Crippen molar-refractivity contribution in [1.29, 1.82) is 0 Å². The van der Waals surface area contributed by atoms with Crippen molar-refractivity contribution >= 4 is 17.3 Å². The highest BCUT2D eigenvalue weighted by Crippen LogP contribution is 2.25. The molecule has 0 aliphatic carbocycles. The normalized spacial score (nSPS) is 16.0. The molecule has 2 aromatic rings. The van der Waals surface area contributed by atoms with Crippen LogP contribution in [0.1, 0.15) is 45.3 Å². The van der Waals surface area contributed by atoms with Gasteiger partial charge in [0.05, 0.1) is 5.52 Å². The zero-order chi connectivity index (χ0) is 19.9. The largest absolute Gasteiger partial charge is 0.444 e. The fourth-order valence-electron chi connectivity index (χ4n) is 3.40. The summed E-state index contributed by atoms with van der Waals surface area (Å²) < 4.78 is 8.27. The van der Waals surface area contributed by atoms with Crippen molar-refractivity contribution in [3.63, 3.8) is 0 Å². The van der Waals surface area contributed by atoms with Gasteiger partial charge in [-0.3, -0.25) is 14.2 Å². The van der Waals surface area contributed by atoms with Gasteiger partial charge in [-0.05, 0) is 52.7 Å². The second-order valence-electron chi connectivity index (χ2n) is 8.03. The van der Waals surface area contributed by atoms with Gasteiger partial charge in [0.2, 0.25) is 0 Å². The summed E-state index contributed by atoms with van der Waals surface area (Å²) in [7, 11) is 1.58. The minimum Gasteiger partial charge on any atom is -0.444 e. The summed E-state index contributed by atoms with van der Waals surface area (Å²) in [5.41, 5.74) is 0.230. The monoisotopic (exact) mass is 374 g/mol. The lowest BCUT2D eigenvalue weighted by Gasteiger charge is -2.34. The van der Waals surface area contributed by atoms with Gasteiger partial charge < -0.3 is 14.2 Å². The fourth-order valence-corrected chi connectivity index (χ4v) is 3.40. The number of nitrogens with zero attached hydrogens (tertiary/aromatic N) is 4. The molecule has 3 rings (SSSR count). The number of fused-ring (bicyclic) bond motifs is 1. The minimum absolute atomic E-state index is 0.179. The number of pyridine rings is 1. The second kappa shape index (κ2) is 6.83. The summed E-state index contributed by atoms with van der Waals surface area (Å²) in [6.07, 6.45) is 0.782. The molecule has 146 valence electrons. The van der Waals surface area contributed by atoms with E-state index >= 15 is 0 Å². The molecule has 1 aliphatic heterocycles. The molecule has 0 aromatic carbocycles. The molecular weight excluding hydrogens is 348 g/mol. The highest BCUT2D eigenvalue weighted by Gasteiger charge is 2.29. The molecule has 3 heterocycles. The molecule has 27 heavy (non-hydrogen) atoms. The molecule has 1 saturated heterocycles. The van der Waals surface area contributed by atoms with Crippen LogP contribution < -0.4 is 11.1 Å². The van der Waals surface area contributed by atoms with Gasteiger partial charge in [0.1, 0.15) is 5.60 Å². The van der Waals surface area contributed by atoms with E-state index in [4.69, 9.17) is 4.74 Å². The van der Waals surface area contributed by atoms with Crippen LogP contribution in [0.25, 0.3) is 11.2 Å². The number of likely N-dealkylation sites (tertiary alicyclic amines) is 1. The molecular formula is C19H26N4O4. The highest BCUT2D eigenvalue weighted by molar-refractivity contribution is 5.71. The first kappa shape index (κ1) is 19.1. The van der Waals surface area contributed by atoms with Crippen LogP contribution in [0.15, 0.2) is 21.7 Å². The Morgan fingerprint density at radius 1 is 1.15 bits per heavy atom. The van der Waals surface area contributed by atoms with E-state index in [9.17, 15) is 14.4 Å². The van der Waals surface area contributed by atoms with Crippen LogP contribution in [-0.4, -0.2) is 43.8 Å². The number of ether oxygens (including phenoxy) is 1. The van der Waals surface area contributed by atoms with Crippen molar-refractivity contribution in [3.8, 4) is 0 Å². The third-order valence-electron chi connectivity index (χ3n) is 4.77. The smallest absolute Gasteiger partial charge is 0.410 e. The number of amides is 1. The predicted molar refractivity (Wildman–Crippen MR) is 102 cm³/mol. The number of hydrogen-bond donors (Lipinski definition) is 0. The molecule has 0 atom stereocenters. The molecule has 2 aromatic heterocycles. The number of hydrogen-bond acceptors (Lipinski definition) is 5. The first-order chi connectivity index (χ1) is 12.6. The van der Waals surface area contributed by atoms with Gasteiger partial charge in [0.15, 0.2) is 5.65 Å². The molecule has 1 aliphatic rings. The van der Waals surface area contributed by atoms with Crippen molar-refractivity contribution in [2.45, 2.75) is 52.2 Å². The van der Waals surface area contributed by atoms with Gasteiger partial charge in [-0.15, -0.1) is 0 Å². The standard InChI is InChI=1S/C19H26N4O4/c1-12-6-7-14-15(20-12)23(17(25)16(24)21(14)5)13-8-10-22(11-9-13)18(26)27-19(2,3)4/h6-7,13H,8-11H2,1-5H3. The fraction of sp³-hybridized carbons (Fsp3) is 0.579. The van der Waals surface area contributed by atoms with E-state index in [1.807, 2.05) is 39.8 Å². The Morgan fingerprint density at radius 2 is 1.78 bits per heavy atom. The topological polar surface area (TPSA) is 86.4 Å². The van der Waals surface area contributed by atoms with Crippen molar-refractivity contribution in [1.82, 2.24) is 19.0 Å². The highest BCUT2D eigenvalue weighted by atomic mass is 16.6. The molecule has 1 amide bonds. The molecule has 0 radical (unpaired) electrons. The maximum Gasteiger partial charge on any atom is 0.410 e. The number of aryl methyl sites for hydroxylation is 2. The van der Waals surface area contributed by atoms with Gasteiger partial charge in [-0.2, -0.15) is 0 Å². The van der Waals surface area contributed by atoms with Crippen LogP contribution in [-0.2, 0) is 11.8 Å². The lowest BCUT2D eigenvalue weighted by atomic mass is 10.0. The second-order valence-corrected chi connectivity index (χ2v) is 8.03. The Morgan fingerprint density at radius 3 is 2.37 bits per heavy atom. The average Bonchev–Trinajstić information content (AvgIpc) is 2.59. The molecule has 0 N–H and O–H groups in total. The van der Waals surface area contributed by atoms with Crippen molar-refractivity contribution in [3.05, 3.63) is 38.5 Å². The lowest BCUT2D eigenvalue weighted by Crippen LogP contribution is -2.46. The minimum atomic E-state index is -0.571. The number of carbonyl (C=O) groups excluding carboxylic acids is 1. The lowest BCUT2D eigenvalue weighted by molar-refractivity contribution is 0.0188. The summed E-state index contributed by atoms with van der Waals surface area (Å²) in [6, 6.07) is 3.45. The van der Waals surface area contributed by atoms with Crippen LogP contribution in [0, 0.1) is 6.92 Å². The number of carbonyl (C=O) groups is 1. The molecule has 8 nitrogen and oxygen atoms in total. The first-order valence-electron chi connectivity index (χ1n) is 9.15. The summed E-state index contributed by atoms with van der Waals surface area (Å²) in [4.78, 5) is 43.5. The van der Waals surface area contributed by atoms with Crippen molar-refractivity contribution < 1.29 is 9.53 Å². The summed E-state index contributed by atoms with van der Waals surface area (Å²) in [5.74, 6) is 0. The van der Waals surface area contributed by atoms with Gasteiger partial charge >= 0.3 is 17.2 Å². The van der Waals surface area contributed by atoms with Crippen molar-refractivity contribution in [2.24, 2.45) is 7.05 Å². The van der Waals surface area contributed by atoms with Crippen molar-refractivity contribution in [2.75, 3.05) is 13.1 Å². The molecule has 0 bridgehead atoms. The first-order valence-corrected chi connectivity index (χ1v) is 9.15. The average molecular weight is 374 g/mol. The van der Waals surface area contributed by atoms with Crippen LogP contribution in [0.2, 0.25) is 0 Å². The van der Waals surface area contributed by atoms with Gasteiger partial charge in [0.25, 0.3) is 0 Å². The molecule has 1 fully saturated rings. The summed E-state index contributed by atoms with van der Waals surface area (Å²) in [5, 5.41) is 0. The Kier molecular flexibility index (Phi) is 4.84. The third kappa shape index (κ3) is 3.74. The van der Waals surface area contributed by atoms with Crippen LogP contribution in [0.4, 0.5) is 4.79 Å². The Bertz CT molecular complexity index is 992. The Labute approximate surface area is 157 Å². The number of rotatable bonds is 1. The number of aromatic nitrogens is 3. The SMILES string of the molecule is Cc1ccc2c(n1)n(C1CCN(C(=O)OC(C)(C)C)CC1)c(=O)c(=O)n2C. The third-order valence-corrected chi connectivity index (χ3v) is 4.77. The quantitative estimate of drug-likeness (QED) is 0.713. The predicted octanol–water partition coefficient (Wildman–Crippen LogP) is 1.98. The summed E-state index contributed by atoms with van der Waals surface area (Å²) in [6.45, 7) is 8.28. The summed E-state index contributed by atoms with van der Waals surface area (Å²) >= 11 is 0. The van der Waals surface area contributed by atoms with E-state index in [0.717, 1.165) is 5.69 Å². The Hall–Kier alpha value is -2.64. The van der Waals surface area contributed by atoms with E-state index in [1.165, 1.54) is 9.13 Å². The maximum absolute atomic E-state index is 12.7. The van der Waals surface area contributed by atoms with Gasteiger partial charge in [-0.25, -0.2) is 9.78 Å². The number of piperidine rings is 1. The van der Waals surface area contributed by atoms with E-state index < -0.39 is 16.7 Å². The van der Waals surface area contributed by atoms with E-state index in [1.54, 1.807) is 11.9 Å². The molecule has 0 unspecified atom stereocenters. The van der Waals surface area contributed by atoms with Gasteiger partial charge in [0, 0.05) is 31.9 Å².